The number of hydrogen-bond acceptors (Lipinski definition) is 8. The van der Waals surface area contributed by atoms with E-state index in [1.807, 2.05) is 146 Å². The lowest BCUT2D eigenvalue weighted by Gasteiger charge is -2.12. The zero-order valence-electron chi connectivity index (χ0n) is 30.0. The highest BCUT2D eigenvalue weighted by Gasteiger charge is 2.09. The molecule has 0 saturated carbocycles. The Hall–Kier alpha value is -5.90. The summed E-state index contributed by atoms with van der Waals surface area (Å²) >= 11 is 0. The van der Waals surface area contributed by atoms with Gasteiger partial charge in [-0.05, 0) is 74.4 Å². The average Bonchev–Trinajstić information content (AvgIpc) is 3.15. The summed E-state index contributed by atoms with van der Waals surface area (Å²) < 4.78 is 15.1. The molecular formula is C42H48N6O4+2. The number of allylic oxidation sites excluding steroid dienone is 2. The predicted octanol–water partition coefficient (Wildman–Crippen LogP) is 6.63. The summed E-state index contributed by atoms with van der Waals surface area (Å²) in [5.74, 6) is -0.408. The summed E-state index contributed by atoms with van der Waals surface area (Å²) in [5, 5.41) is 6.86. The summed E-state index contributed by atoms with van der Waals surface area (Å²) in [5.41, 5.74) is 7.37. The van der Waals surface area contributed by atoms with E-state index in [-0.39, 0.29) is 11.9 Å². The largest absolute Gasteiger partial charge is 0.466 e. The minimum atomic E-state index is -0.207. The molecule has 2 aromatic carbocycles. The number of nitrogens with one attached hydrogen (secondary N) is 2. The number of aryl methyl sites for hydroxylation is 4. The molecule has 4 aromatic rings. The Labute approximate surface area is 306 Å². The van der Waals surface area contributed by atoms with Crippen LogP contribution in [0.1, 0.15) is 55.2 Å². The minimum absolute atomic E-state index is 0.201. The fraction of sp³-hybridized carbons (Fsp3) is 0.286. The van der Waals surface area contributed by atoms with Crippen molar-refractivity contribution < 1.29 is 28.2 Å². The van der Waals surface area contributed by atoms with Gasteiger partial charge in [0.1, 0.15) is 14.1 Å². The molecule has 2 N–H and O–H groups in total. The standard InChI is InChI=1S/C42H48N6O4/c1-47-23-7-11-33(31-47)19-21-41(49)51-25-9-13-35-27-44-38-16-4-3-14-36(38)29-43-37(30-46-40-18-6-5-17-39(40)45-28-35)15-10-26-52-42(50)22-20-34-12-8-24-48(2)32-34/h3-8,11-12,14,16-18,23-24,27-32,45-46H,9-10,13,15,19-22,25-26H2,1-2H3/q+2/b35-28-,37-30+,43-29?,44-27?. The van der Waals surface area contributed by atoms with E-state index in [0.29, 0.717) is 64.6 Å². The Morgan fingerprint density at radius 2 is 1.21 bits per heavy atom. The molecule has 1 aliphatic heterocycles. The van der Waals surface area contributed by atoms with Crippen molar-refractivity contribution in [2.75, 3.05) is 23.8 Å². The van der Waals surface area contributed by atoms with E-state index in [0.717, 1.165) is 45.0 Å². The van der Waals surface area contributed by atoms with Crippen LogP contribution in [0.5, 0.6) is 0 Å². The van der Waals surface area contributed by atoms with Crippen molar-refractivity contribution in [3.8, 4) is 0 Å². The van der Waals surface area contributed by atoms with Gasteiger partial charge in [0, 0.05) is 66.5 Å². The molecule has 3 heterocycles. The van der Waals surface area contributed by atoms with Crippen LogP contribution < -0.4 is 19.8 Å². The molecule has 10 heteroatoms. The van der Waals surface area contributed by atoms with Crippen LogP contribution in [0.15, 0.2) is 131 Å². The van der Waals surface area contributed by atoms with Gasteiger partial charge >= 0.3 is 11.9 Å². The molecule has 0 spiro atoms. The smallest absolute Gasteiger partial charge is 0.306 e. The van der Waals surface area contributed by atoms with Crippen LogP contribution in [0.4, 0.5) is 17.1 Å². The molecule has 0 saturated heterocycles. The van der Waals surface area contributed by atoms with Crippen molar-refractivity contribution in [3.63, 3.8) is 0 Å². The van der Waals surface area contributed by atoms with Crippen LogP contribution in [0, 0.1) is 0 Å². The number of nitrogens with zero attached hydrogens (tertiary/aromatic N) is 4. The first-order valence-electron chi connectivity index (χ1n) is 17.8. The average molecular weight is 701 g/mol. The molecule has 0 atom stereocenters. The fourth-order valence-electron chi connectivity index (χ4n) is 5.57. The first-order chi connectivity index (χ1) is 25.4. The Morgan fingerprint density at radius 3 is 1.85 bits per heavy atom. The number of aromatic nitrogens is 2. The zero-order valence-corrected chi connectivity index (χ0v) is 30.0. The molecule has 0 unspecified atom stereocenters. The number of pyridine rings is 2. The normalized spacial score (nSPS) is 14.6. The highest BCUT2D eigenvalue weighted by Crippen LogP contribution is 2.24. The van der Waals surface area contributed by atoms with Crippen molar-refractivity contribution in [3.05, 3.63) is 138 Å². The number of anilines is 2. The molecule has 52 heavy (non-hydrogen) atoms. The van der Waals surface area contributed by atoms with Gasteiger partial charge in [-0.3, -0.25) is 19.6 Å². The summed E-state index contributed by atoms with van der Waals surface area (Å²) in [4.78, 5) is 34.5. The van der Waals surface area contributed by atoms with Crippen LogP contribution in [0.3, 0.4) is 0 Å². The van der Waals surface area contributed by atoms with Gasteiger partial charge in [-0.15, -0.1) is 0 Å². The number of para-hydroxylation sites is 3. The van der Waals surface area contributed by atoms with Crippen LogP contribution in [0.2, 0.25) is 0 Å². The summed E-state index contributed by atoms with van der Waals surface area (Å²) in [6, 6.07) is 23.7. The maximum Gasteiger partial charge on any atom is 0.306 e. The van der Waals surface area contributed by atoms with Gasteiger partial charge in [0.05, 0.1) is 36.0 Å². The second-order valence-electron chi connectivity index (χ2n) is 12.7. The van der Waals surface area contributed by atoms with Gasteiger partial charge < -0.3 is 20.1 Å². The molecule has 0 amide bonds. The van der Waals surface area contributed by atoms with Crippen molar-refractivity contribution in [1.29, 1.82) is 0 Å². The quantitative estimate of drug-likeness (QED) is 0.0869. The lowest BCUT2D eigenvalue weighted by molar-refractivity contribution is -0.672. The Morgan fingerprint density at radius 1 is 0.635 bits per heavy atom. The highest BCUT2D eigenvalue weighted by molar-refractivity contribution is 5.90. The maximum absolute atomic E-state index is 12.4. The Bertz CT molecular complexity index is 1800. The molecular weight excluding hydrogens is 652 g/mol. The first kappa shape index (κ1) is 37.4. The molecule has 1 aliphatic rings. The van der Waals surface area contributed by atoms with Crippen LogP contribution in [-0.2, 0) is 46.0 Å². The molecule has 2 aromatic heterocycles. The van der Waals surface area contributed by atoms with E-state index in [9.17, 15) is 9.59 Å². The van der Waals surface area contributed by atoms with E-state index < -0.39 is 0 Å². The van der Waals surface area contributed by atoms with E-state index in [2.05, 4.69) is 10.6 Å². The molecule has 0 bridgehead atoms. The van der Waals surface area contributed by atoms with Crippen LogP contribution >= 0.6 is 0 Å². The van der Waals surface area contributed by atoms with Gasteiger partial charge in [-0.25, -0.2) is 9.13 Å². The molecule has 268 valence electrons. The third kappa shape index (κ3) is 12.8. The maximum atomic E-state index is 12.4. The van der Waals surface area contributed by atoms with Gasteiger partial charge in [-0.2, -0.15) is 0 Å². The lowest BCUT2D eigenvalue weighted by Crippen LogP contribution is -2.27. The van der Waals surface area contributed by atoms with Gasteiger partial charge in [-0.1, -0.05) is 30.3 Å². The number of aliphatic imine (C=N–C) groups is 2. The molecule has 0 aliphatic carbocycles. The lowest BCUT2D eigenvalue weighted by atomic mass is 10.1. The third-order valence-corrected chi connectivity index (χ3v) is 8.36. The monoisotopic (exact) mass is 700 g/mol. The van der Waals surface area contributed by atoms with Crippen molar-refractivity contribution >= 4 is 41.4 Å². The second-order valence-corrected chi connectivity index (χ2v) is 12.7. The molecule has 0 fully saturated rings. The van der Waals surface area contributed by atoms with Crippen LogP contribution in [0.25, 0.3) is 0 Å². The van der Waals surface area contributed by atoms with Crippen LogP contribution in [-0.4, -0.2) is 37.6 Å². The zero-order chi connectivity index (χ0) is 36.4. The number of carbonyl (C=O) groups is 2. The van der Waals surface area contributed by atoms with E-state index in [1.54, 1.807) is 0 Å². The fourth-order valence-corrected chi connectivity index (χ4v) is 5.57. The number of benzene rings is 2. The van der Waals surface area contributed by atoms with Crippen molar-refractivity contribution in [1.82, 2.24) is 0 Å². The van der Waals surface area contributed by atoms with Crippen molar-refractivity contribution in [2.24, 2.45) is 24.1 Å². The van der Waals surface area contributed by atoms with E-state index in [1.165, 1.54) is 0 Å². The third-order valence-electron chi connectivity index (χ3n) is 8.36. The van der Waals surface area contributed by atoms with E-state index >= 15 is 0 Å². The number of esters is 2. The Kier molecular flexibility index (Phi) is 14.4. The van der Waals surface area contributed by atoms with Crippen molar-refractivity contribution in [2.45, 2.75) is 51.4 Å². The minimum Gasteiger partial charge on any atom is -0.466 e. The van der Waals surface area contributed by atoms with E-state index in [4.69, 9.17) is 19.5 Å². The highest BCUT2D eigenvalue weighted by atomic mass is 16.5. The summed E-state index contributed by atoms with van der Waals surface area (Å²) in [7, 11) is 3.93. The number of hydrogen-bond donors (Lipinski definition) is 2. The number of fused-ring (bicyclic) bond motifs is 2. The van der Waals surface area contributed by atoms with Gasteiger partial charge in [0.15, 0.2) is 24.8 Å². The molecule has 0 radical (unpaired) electrons. The predicted molar refractivity (Wildman–Crippen MR) is 204 cm³/mol. The SMILES string of the molecule is C[n+]1cccc(CCC(=O)OCCC/C2=C/Nc3ccccc3N/C=C(\CCCOC(=O)CCc3ccc[n+](C)c3)N=Cc3ccccc3N=C2)c1. The first-order valence-corrected chi connectivity index (χ1v) is 17.8. The summed E-state index contributed by atoms with van der Waals surface area (Å²) in [6.07, 6.45) is 20.0. The topological polar surface area (TPSA) is 109 Å². The van der Waals surface area contributed by atoms with Gasteiger partial charge in [0.25, 0.3) is 0 Å². The Balaban J connectivity index is 1.19. The molecule has 10 nitrogen and oxygen atoms in total. The van der Waals surface area contributed by atoms with Gasteiger partial charge in [0.2, 0.25) is 0 Å². The second kappa shape index (κ2) is 20.1. The molecule has 5 rings (SSSR count). The summed E-state index contributed by atoms with van der Waals surface area (Å²) in [6.45, 7) is 0.639. The number of rotatable bonds is 14. The number of carbonyl (C=O) groups excluding carboxylic acids is 2. The number of ether oxygens (including phenoxy) is 2.